The van der Waals surface area contributed by atoms with Crippen LogP contribution in [0.4, 0.5) is 17.5 Å². The molecule has 3 fully saturated rings. The maximum atomic E-state index is 13.3. The number of benzene rings is 5. The highest BCUT2D eigenvalue weighted by molar-refractivity contribution is 6.44. The molecule has 6 aliphatic heterocycles. The number of halogens is 6. The average molecular weight is 1420 g/mol. The molecule has 498 valence electrons. The molecule has 9 aromatic rings. The van der Waals surface area contributed by atoms with Crippen molar-refractivity contribution in [1.29, 1.82) is 0 Å². The van der Waals surface area contributed by atoms with Gasteiger partial charge in [0.15, 0.2) is 0 Å². The number of aryl methyl sites for hydroxylation is 3. The number of para-hydroxylation sites is 2. The molecule has 0 bridgehead atoms. The number of piperidine rings is 3. The summed E-state index contributed by atoms with van der Waals surface area (Å²) in [6, 6.07) is 33.1. The van der Waals surface area contributed by atoms with Crippen LogP contribution < -0.4 is 62.8 Å². The fourth-order valence-electron chi connectivity index (χ4n) is 14.5. The lowest BCUT2D eigenvalue weighted by molar-refractivity contribution is 0.0427. The molecular weight excluding hydrogens is 1340 g/mol. The molecule has 96 heavy (non-hydrogen) atoms. The number of nitrogens with zero attached hydrogens (tertiary/aromatic N) is 10. The van der Waals surface area contributed by atoms with Gasteiger partial charge in [-0.15, -0.1) is 0 Å². The molecule has 0 aliphatic carbocycles. The SMILES string of the molecule is Cc1c(N2CCC3(CC2)Oc2ccccc2[C@H]3N)nc(C)n(-c2cccc(Cl)c2Cl)c1=O.Cc1c(N2CCC3(CC2)Oc2ccccc2[C@H]3N)nc(C)n(-c2cccc(Cl)c2Cl)c1=O.Cc1c(N2CCC3(CC2)Oc2cnccc2[C@@H]3N)nc(C)n(-c2cccc(Cl)c2Cl)c1=O. The molecule has 0 radical (unpaired) electrons. The third-order valence-corrected chi connectivity index (χ3v) is 22.3. The first-order chi connectivity index (χ1) is 46.0. The highest BCUT2D eigenvalue weighted by Gasteiger charge is 2.51. The van der Waals surface area contributed by atoms with Gasteiger partial charge in [0.1, 0.15) is 69.0 Å². The highest BCUT2D eigenvalue weighted by atomic mass is 35.5. The topological polar surface area (TPSA) is 233 Å². The second-order valence-electron chi connectivity index (χ2n) is 25.3. The zero-order valence-corrected chi connectivity index (χ0v) is 58.2. The van der Waals surface area contributed by atoms with Crippen LogP contribution in [-0.2, 0) is 0 Å². The Labute approximate surface area is 585 Å². The molecule has 25 heteroatoms. The van der Waals surface area contributed by atoms with Crippen molar-refractivity contribution < 1.29 is 14.2 Å². The van der Waals surface area contributed by atoms with Crippen LogP contribution in [0, 0.1) is 41.5 Å². The van der Waals surface area contributed by atoms with Crippen molar-refractivity contribution in [1.82, 2.24) is 33.6 Å². The smallest absolute Gasteiger partial charge is 0.263 e. The molecular formula is C71H71Cl6N13O6. The number of hydrogen-bond donors (Lipinski definition) is 3. The second kappa shape index (κ2) is 26.3. The number of hydrogen-bond acceptors (Lipinski definition) is 16. The van der Waals surface area contributed by atoms with E-state index in [4.69, 9.17) is 116 Å². The Morgan fingerprint density at radius 2 is 0.688 bits per heavy atom. The second-order valence-corrected chi connectivity index (χ2v) is 27.7. The summed E-state index contributed by atoms with van der Waals surface area (Å²) < 4.78 is 23.5. The number of nitrogens with two attached hydrogens (primary N) is 3. The van der Waals surface area contributed by atoms with E-state index < -0.39 is 16.8 Å². The quantitative estimate of drug-likeness (QED) is 0.140. The Kier molecular flexibility index (Phi) is 18.3. The van der Waals surface area contributed by atoms with Crippen molar-refractivity contribution >= 4 is 87.1 Å². The number of fused-ring (bicyclic) bond motifs is 3. The molecule has 3 atom stereocenters. The number of pyridine rings is 1. The Hall–Kier alpha value is -7.69. The number of ether oxygens (including phenoxy) is 3. The molecule has 4 aromatic heterocycles. The van der Waals surface area contributed by atoms with Gasteiger partial charge in [-0.25, -0.2) is 15.0 Å². The van der Waals surface area contributed by atoms with E-state index in [9.17, 15) is 14.4 Å². The van der Waals surface area contributed by atoms with Gasteiger partial charge in [0, 0.05) is 101 Å². The Morgan fingerprint density at radius 1 is 0.396 bits per heavy atom. The minimum absolute atomic E-state index is 0.154. The summed E-state index contributed by atoms with van der Waals surface area (Å²) in [6.45, 7) is 15.0. The van der Waals surface area contributed by atoms with Crippen LogP contribution in [0.1, 0.15) is 108 Å². The monoisotopic (exact) mass is 1410 g/mol. The predicted molar refractivity (Wildman–Crippen MR) is 380 cm³/mol. The first-order valence-electron chi connectivity index (χ1n) is 31.8. The van der Waals surface area contributed by atoms with Gasteiger partial charge < -0.3 is 46.1 Å². The molecule has 3 saturated heterocycles. The molecule has 15 rings (SSSR count). The van der Waals surface area contributed by atoms with Crippen LogP contribution in [0.5, 0.6) is 17.2 Å². The summed E-state index contributed by atoms with van der Waals surface area (Å²) in [5.74, 6) is 6.25. The van der Waals surface area contributed by atoms with E-state index in [2.05, 4.69) is 19.7 Å². The van der Waals surface area contributed by atoms with Gasteiger partial charge in [-0.2, -0.15) is 0 Å². The fourth-order valence-corrected chi connectivity index (χ4v) is 15.6. The summed E-state index contributed by atoms with van der Waals surface area (Å²) in [5, 5.41) is 2.18. The number of aromatic nitrogens is 7. The summed E-state index contributed by atoms with van der Waals surface area (Å²) in [5.41, 5.74) is 24.4. The summed E-state index contributed by atoms with van der Waals surface area (Å²) >= 11 is 37.6. The van der Waals surface area contributed by atoms with E-state index >= 15 is 0 Å². The van der Waals surface area contributed by atoms with Crippen molar-refractivity contribution in [2.75, 3.05) is 54.0 Å². The average Bonchev–Trinajstić information content (AvgIpc) is 1.31. The van der Waals surface area contributed by atoms with E-state index in [-0.39, 0.29) is 34.8 Å². The minimum atomic E-state index is -0.450. The van der Waals surface area contributed by atoms with Gasteiger partial charge in [-0.05, 0) is 96.1 Å². The molecule has 6 N–H and O–H groups in total. The zero-order chi connectivity index (χ0) is 67.9. The van der Waals surface area contributed by atoms with Crippen LogP contribution in [0.25, 0.3) is 17.1 Å². The first kappa shape index (κ1) is 66.9. The van der Waals surface area contributed by atoms with Gasteiger partial charge >= 0.3 is 0 Å². The third kappa shape index (κ3) is 11.6. The van der Waals surface area contributed by atoms with Crippen LogP contribution in [0.2, 0.25) is 30.1 Å². The van der Waals surface area contributed by atoms with E-state index in [0.29, 0.717) is 138 Å². The molecule has 19 nitrogen and oxygen atoms in total. The normalized spacial score (nSPS) is 19.2. The lowest BCUT2D eigenvalue weighted by atomic mass is 9.83. The maximum absolute atomic E-state index is 13.3. The summed E-state index contributed by atoms with van der Waals surface area (Å²) in [6.07, 6.45) is 7.95. The Bertz CT molecular complexity index is 4270. The van der Waals surface area contributed by atoms with Crippen molar-refractivity contribution in [2.24, 2.45) is 17.2 Å². The largest absolute Gasteiger partial charge is 0.485 e. The van der Waals surface area contributed by atoms with Crippen LogP contribution in [0.3, 0.4) is 0 Å². The van der Waals surface area contributed by atoms with E-state index in [0.717, 1.165) is 72.5 Å². The van der Waals surface area contributed by atoms with Crippen LogP contribution >= 0.6 is 69.6 Å². The van der Waals surface area contributed by atoms with E-state index in [1.54, 1.807) is 109 Å². The molecule has 0 saturated carbocycles. The molecule has 3 spiro atoms. The predicted octanol–water partition coefficient (Wildman–Crippen LogP) is 13.2. The van der Waals surface area contributed by atoms with E-state index in [1.165, 1.54) is 13.7 Å². The molecule has 10 heterocycles. The van der Waals surface area contributed by atoms with Gasteiger partial charge in [0.25, 0.3) is 16.7 Å². The third-order valence-electron chi connectivity index (χ3n) is 19.9. The standard InChI is InChI=1S/2C24H24Cl2N4O2.C23H23Cl2N5O2/c2*1-14-22(28-15(2)30(23(14)31)18-8-5-7-17(25)20(18)26)29-12-10-24(11-13-29)21(27)16-6-3-4-9-19(16)32-24;1-13-21(28-14(2)30(22(13)31)17-5-3-4-16(24)19(17)25)29-10-7-23(8-11-29)20(26)15-6-9-27-12-18(15)32-23/h2*3-9,21H,10-13,27H2,1-2H3;3-6,9,12,20H,7-8,10-11,26H2,1-2H3/t2*21-;20-/m110/s1. The Balaban J connectivity index is 0.000000130. The molecule has 0 amide bonds. The van der Waals surface area contributed by atoms with Gasteiger partial charge in [0.05, 0.1) is 88.2 Å². The van der Waals surface area contributed by atoms with Gasteiger partial charge in [0.2, 0.25) is 0 Å². The zero-order valence-electron chi connectivity index (χ0n) is 53.7. The number of anilines is 3. The molecule has 6 aliphatic rings. The maximum Gasteiger partial charge on any atom is 0.263 e. The van der Waals surface area contributed by atoms with Crippen LogP contribution in [0.15, 0.2) is 136 Å². The minimum Gasteiger partial charge on any atom is -0.485 e. The highest BCUT2D eigenvalue weighted by Crippen LogP contribution is 2.50. The molecule has 5 aromatic carbocycles. The summed E-state index contributed by atoms with van der Waals surface area (Å²) in [7, 11) is 0. The lowest BCUT2D eigenvalue weighted by Gasteiger charge is -2.41. The fraction of sp³-hybridized carbons (Fsp3) is 0.338. The van der Waals surface area contributed by atoms with Crippen molar-refractivity contribution in [3.8, 4) is 34.3 Å². The summed E-state index contributed by atoms with van der Waals surface area (Å²) in [4.78, 5) is 64.9. The van der Waals surface area contributed by atoms with Gasteiger partial charge in [-0.1, -0.05) is 124 Å². The Morgan fingerprint density at radius 3 is 0.990 bits per heavy atom. The first-order valence-corrected chi connectivity index (χ1v) is 34.1. The van der Waals surface area contributed by atoms with Gasteiger partial charge in [-0.3, -0.25) is 33.1 Å². The molecule has 0 unspecified atom stereocenters. The van der Waals surface area contributed by atoms with Crippen molar-refractivity contribution in [3.05, 3.63) is 234 Å². The van der Waals surface area contributed by atoms with Crippen LogP contribution in [-0.4, -0.2) is 89.7 Å². The van der Waals surface area contributed by atoms with Crippen molar-refractivity contribution in [2.45, 2.75) is 115 Å². The number of rotatable bonds is 6. The van der Waals surface area contributed by atoms with E-state index in [1.807, 2.05) is 54.6 Å². The van der Waals surface area contributed by atoms with Crippen molar-refractivity contribution in [3.63, 3.8) is 0 Å². The lowest BCUT2D eigenvalue weighted by Crippen LogP contribution is -2.52.